The van der Waals surface area contributed by atoms with Gasteiger partial charge in [-0.25, -0.2) is 5.84 Å². The molecular formula is C23H26ClN3O3. The van der Waals surface area contributed by atoms with Gasteiger partial charge in [-0.2, -0.15) is 0 Å². The zero-order valence-electron chi connectivity index (χ0n) is 17.3. The van der Waals surface area contributed by atoms with E-state index >= 15 is 0 Å². The molecule has 0 bridgehead atoms. The number of nitrogens with zero attached hydrogens (tertiary/aromatic N) is 1. The number of nitrogens with one attached hydrogen (secondary N) is 1. The summed E-state index contributed by atoms with van der Waals surface area (Å²) in [6.45, 7) is 9.61. The first-order chi connectivity index (χ1) is 14.1. The predicted octanol–water partition coefficient (Wildman–Crippen LogP) is 4.90. The second-order valence-electron chi connectivity index (χ2n) is 7.16. The summed E-state index contributed by atoms with van der Waals surface area (Å²) in [4.78, 5) is 23.5. The maximum atomic E-state index is 12.5. The number of allylic oxidation sites excluding steroid dienone is 2. The fourth-order valence-corrected chi connectivity index (χ4v) is 3.04. The number of aliphatic carboxylic acids is 1. The first-order valence-corrected chi connectivity index (χ1v) is 9.72. The van der Waals surface area contributed by atoms with Crippen LogP contribution in [0.4, 0.5) is 5.69 Å². The van der Waals surface area contributed by atoms with E-state index in [1.807, 2.05) is 25.1 Å². The monoisotopic (exact) mass is 427 g/mol. The van der Waals surface area contributed by atoms with E-state index in [9.17, 15) is 9.59 Å². The number of halogens is 1. The Morgan fingerprint density at radius 2 is 1.80 bits per heavy atom. The van der Waals surface area contributed by atoms with Crippen LogP contribution in [0.1, 0.15) is 41.8 Å². The highest BCUT2D eigenvalue weighted by molar-refractivity contribution is 6.31. The van der Waals surface area contributed by atoms with Crippen LogP contribution in [0.25, 0.3) is 0 Å². The zero-order chi connectivity index (χ0) is 22.4. The van der Waals surface area contributed by atoms with Crippen LogP contribution in [0.5, 0.6) is 0 Å². The summed E-state index contributed by atoms with van der Waals surface area (Å²) in [6, 6.07) is 12.4. The summed E-state index contributed by atoms with van der Waals surface area (Å²) in [5.74, 6) is 4.96. The summed E-state index contributed by atoms with van der Waals surface area (Å²) in [7, 11) is 0. The second-order valence-corrected chi connectivity index (χ2v) is 7.56. The molecule has 6 nitrogen and oxygen atoms in total. The molecule has 7 heteroatoms. The molecule has 2 aromatic carbocycles. The number of nitrogens with two attached hydrogens (primary N) is 1. The molecule has 2 aromatic rings. The van der Waals surface area contributed by atoms with E-state index in [0.29, 0.717) is 39.7 Å². The average molecular weight is 428 g/mol. The minimum absolute atomic E-state index is 0.142. The molecule has 0 aromatic heterocycles. The number of hydrogen-bond donors (Lipinski definition) is 3. The molecule has 0 spiro atoms. The van der Waals surface area contributed by atoms with Crippen LogP contribution in [-0.4, -0.2) is 22.0 Å². The number of carbonyl (C=O) groups is 2. The molecule has 0 atom stereocenters. The molecule has 0 saturated heterocycles. The van der Waals surface area contributed by atoms with Gasteiger partial charge >= 0.3 is 5.97 Å². The third-order valence-electron chi connectivity index (χ3n) is 4.71. The summed E-state index contributed by atoms with van der Waals surface area (Å²) >= 11 is 6.10. The smallest absolute Gasteiger partial charge is 0.307 e. The molecule has 2 rings (SSSR count). The molecule has 0 unspecified atom stereocenters. The topological polar surface area (TPSA) is 95.7 Å². The number of anilines is 1. The Kier molecular flexibility index (Phi) is 7.80. The maximum absolute atomic E-state index is 12.5. The van der Waals surface area contributed by atoms with Gasteiger partial charge in [0.2, 0.25) is 0 Å². The number of hydrogen-bond acceptors (Lipinski definition) is 4. The molecule has 0 fully saturated rings. The van der Waals surface area contributed by atoms with E-state index in [1.165, 1.54) is 5.01 Å². The largest absolute Gasteiger partial charge is 0.481 e. The SMILES string of the molecule is C=C(C)/C(CC(=O)O)=C(/C)N(N)Cc1ccc(C(=O)Nc2ccc(C)c(Cl)c2)cc1. The van der Waals surface area contributed by atoms with Crippen LogP contribution >= 0.6 is 11.6 Å². The Hall–Kier alpha value is -3.09. The van der Waals surface area contributed by atoms with Crippen molar-refractivity contribution in [2.24, 2.45) is 5.84 Å². The Morgan fingerprint density at radius 3 is 2.33 bits per heavy atom. The number of amides is 1. The second kappa shape index (κ2) is 10.1. The van der Waals surface area contributed by atoms with E-state index in [1.54, 1.807) is 38.1 Å². The van der Waals surface area contributed by atoms with Crippen LogP contribution in [0, 0.1) is 6.92 Å². The van der Waals surface area contributed by atoms with Crippen molar-refractivity contribution in [3.05, 3.63) is 87.6 Å². The average Bonchev–Trinajstić information content (AvgIpc) is 2.68. The Labute approximate surface area is 181 Å². The summed E-state index contributed by atoms with van der Waals surface area (Å²) in [5.41, 5.74) is 4.84. The van der Waals surface area contributed by atoms with Gasteiger partial charge in [-0.1, -0.05) is 42.0 Å². The highest BCUT2D eigenvalue weighted by atomic mass is 35.5. The van der Waals surface area contributed by atoms with Gasteiger partial charge in [0.25, 0.3) is 5.91 Å². The van der Waals surface area contributed by atoms with Gasteiger partial charge in [0.05, 0.1) is 13.0 Å². The number of rotatable bonds is 8. The van der Waals surface area contributed by atoms with Crippen LogP contribution in [-0.2, 0) is 11.3 Å². The first kappa shape index (κ1) is 23.2. The van der Waals surface area contributed by atoms with Gasteiger partial charge in [0, 0.05) is 22.0 Å². The number of carboxylic acid groups (broad SMARTS) is 1. The number of benzene rings is 2. The van der Waals surface area contributed by atoms with E-state index in [2.05, 4.69) is 11.9 Å². The molecule has 0 aliphatic heterocycles. The minimum Gasteiger partial charge on any atom is -0.481 e. The molecule has 30 heavy (non-hydrogen) atoms. The van der Waals surface area contributed by atoms with Crippen LogP contribution in [0.3, 0.4) is 0 Å². The summed E-state index contributed by atoms with van der Waals surface area (Å²) in [5, 5.41) is 14.0. The van der Waals surface area contributed by atoms with Gasteiger partial charge < -0.3 is 15.4 Å². The third kappa shape index (κ3) is 6.20. The van der Waals surface area contributed by atoms with Crippen molar-refractivity contribution in [3.8, 4) is 0 Å². The van der Waals surface area contributed by atoms with Crippen molar-refractivity contribution in [2.75, 3.05) is 5.32 Å². The van der Waals surface area contributed by atoms with Crippen molar-refractivity contribution in [1.82, 2.24) is 5.01 Å². The van der Waals surface area contributed by atoms with E-state index < -0.39 is 5.97 Å². The third-order valence-corrected chi connectivity index (χ3v) is 5.12. The highest BCUT2D eigenvalue weighted by Gasteiger charge is 2.13. The van der Waals surface area contributed by atoms with Crippen molar-refractivity contribution in [2.45, 2.75) is 33.7 Å². The van der Waals surface area contributed by atoms with Crippen LogP contribution in [0.15, 0.2) is 65.9 Å². The van der Waals surface area contributed by atoms with Crippen molar-refractivity contribution >= 4 is 29.2 Å². The number of carbonyl (C=O) groups excluding carboxylic acids is 1. The van der Waals surface area contributed by atoms with Crippen LogP contribution in [0.2, 0.25) is 5.02 Å². The Bertz CT molecular complexity index is 997. The molecule has 1 amide bonds. The Balaban J connectivity index is 2.09. The Morgan fingerprint density at radius 1 is 1.17 bits per heavy atom. The van der Waals surface area contributed by atoms with Crippen molar-refractivity contribution in [1.29, 1.82) is 0 Å². The summed E-state index contributed by atoms with van der Waals surface area (Å²) < 4.78 is 0. The lowest BCUT2D eigenvalue weighted by atomic mass is 10.0. The van der Waals surface area contributed by atoms with Gasteiger partial charge in [-0.15, -0.1) is 0 Å². The lowest BCUT2D eigenvalue weighted by molar-refractivity contribution is -0.136. The molecule has 158 valence electrons. The summed E-state index contributed by atoms with van der Waals surface area (Å²) in [6.07, 6.45) is -0.142. The van der Waals surface area contributed by atoms with Crippen molar-refractivity contribution < 1.29 is 14.7 Å². The van der Waals surface area contributed by atoms with Gasteiger partial charge in [-0.05, 0) is 61.7 Å². The maximum Gasteiger partial charge on any atom is 0.307 e. The van der Waals surface area contributed by atoms with Gasteiger partial charge in [0.15, 0.2) is 0 Å². The van der Waals surface area contributed by atoms with Gasteiger partial charge in [-0.3, -0.25) is 9.59 Å². The lowest BCUT2D eigenvalue weighted by Gasteiger charge is -2.23. The quantitative estimate of drug-likeness (QED) is 0.316. The van der Waals surface area contributed by atoms with E-state index in [4.69, 9.17) is 22.6 Å². The fraction of sp³-hybridized carbons (Fsp3) is 0.217. The molecule has 0 saturated carbocycles. The predicted molar refractivity (Wildman–Crippen MR) is 120 cm³/mol. The normalized spacial score (nSPS) is 11.5. The molecule has 4 N–H and O–H groups in total. The zero-order valence-corrected chi connectivity index (χ0v) is 18.1. The van der Waals surface area contributed by atoms with Crippen LogP contribution < -0.4 is 11.2 Å². The number of hydrazine groups is 1. The lowest BCUT2D eigenvalue weighted by Crippen LogP contribution is -2.30. The molecular weight excluding hydrogens is 402 g/mol. The molecule has 0 aliphatic rings. The van der Waals surface area contributed by atoms with Gasteiger partial charge in [0.1, 0.15) is 0 Å². The minimum atomic E-state index is -0.939. The molecule has 0 aliphatic carbocycles. The first-order valence-electron chi connectivity index (χ1n) is 9.34. The van der Waals surface area contributed by atoms with E-state index in [-0.39, 0.29) is 12.3 Å². The molecule has 0 heterocycles. The highest BCUT2D eigenvalue weighted by Crippen LogP contribution is 2.22. The number of carboxylic acids is 1. The fourth-order valence-electron chi connectivity index (χ4n) is 2.86. The van der Waals surface area contributed by atoms with E-state index in [0.717, 1.165) is 11.1 Å². The van der Waals surface area contributed by atoms with Crippen molar-refractivity contribution in [3.63, 3.8) is 0 Å². The molecule has 0 radical (unpaired) electrons. The number of aryl methyl sites for hydroxylation is 1. The standard InChI is InChI=1S/C23H26ClN3O3/c1-14(2)20(12-22(28)29)16(4)27(25)13-17-6-8-18(9-7-17)23(30)26-19-10-5-15(3)21(24)11-19/h5-11H,1,12-13,25H2,2-4H3,(H,26,30)(H,28,29)/b20-16-.